The Balaban J connectivity index is 1.68. The molecule has 2 amide bonds. The number of hydrogen-bond acceptors (Lipinski definition) is 5. The molecule has 7 nitrogen and oxygen atoms in total. The molecule has 1 atom stereocenters. The third kappa shape index (κ3) is 4.91. The molecule has 3 aromatic rings. The number of nitrogens with zero attached hydrogens (tertiary/aromatic N) is 3. The Labute approximate surface area is 207 Å². The van der Waals surface area contributed by atoms with E-state index >= 15 is 0 Å². The molecule has 0 unspecified atom stereocenters. The summed E-state index contributed by atoms with van der Waals surface area (Å²) in [6.45, 7) is -0.371. The molecule has 3 aromatic carbocycles. The number of likely N-dealkylation sites (N-methyl/N-ethyl adjacent to an activating group) is 1. The van der Waals surface area contributed by atoms with Gasteiger partial charge in [0.25, 0.3) is 11.8 Å². The highest BCUT2D eigenvalue weighted by molar-refractivity contribution is 6.04. The van der Waals surface area contributed by atoms with Crippen LogP contribution in [0.3, 0.4) is 0 Å². The fraction of sp³-hybridized carbons (Fsp3) is 0.222. The zero-order valence-corrected chi connectivity index (χ0v) is 20.1. The van der Waals surface area contributed by atoms with Crippen LogP contribution in [0.5, 0.6) is 11.5 Å². The molecular weight excluding hydrogens is 468 g/mol. The first kappa shape index (κ1) is 24.8. The monoisotopic (exact) mass is 493 g/mol. The van der Waals surface area contributed by atoms with Crippen LogP contribution in [-0.2, 0) is 4.79 Å². The lowest BCUT2D eigenvalue weighted by Crippen LogP contribution is -2.39. The zero-order chi connectivity index (χ0) is 25.8. The molecule has 0 spiro atoms. The van der Waals surface area contributed by atoms with Crippen molar-refractivity contribution < 1.29 is 27.8 Å². The number of carbonyl (C=O) groups is 2. The van der Waals surface area contributed by atoms with Crippen molar-refractivity contribution in [3.05, 3.63) is 95.1 Å². The number of halogens is 2. The van der Waals surface area contributed by atoms with Gasteiger partial charge in [-0.2, -0.15) is 5.10 Å². The predicted molar refractivity (Wildman–Crippen MR) is 130 cm³/mol. The Kier molecular flexibility index (Phi) is 7.28. The highest BCUT2D eigenvalue weighted by Gasteiger charge is 2.36. The van der Waals surface area contributed by atoms with Gasteiger partial charge in [0.2, 0.25) is 0 Å². The molecule has 0 aliphatic carbocycles. The van der Waals surface area contributed by atoms with Crippen molar-refractivity contribution in [1.82, 2.24) is 9.91 Å². The maximum atomic E-state index is 14.6. The van der Waals surface area contributed by atoms with Crippen molar-refractivity contribution in [2.75, 3.05) is 27.8 Å². The first-order chi connectivity index (χ1) is 17.3. The summed E-state index contributed by atoms with van der Waals surface area (Å²) in [5, 5.41) is 5.69. The first-order valence-corrected chi connectivity index (χ1v) is 11.2. The van der Waals surface area contributed by atoms with Crippen molar-refractivity contribution in [3.8, 4) is 11.5 Å². The molecule has 186 valence electrons. The molecule has 0 saturated heterocycles. The number of methoxy groups -OCH3 is 2. The lowest BCUT2D eigenvalue weighted by atomic mass is 9.97. The van der Waals surface area contributed by atoms with Gasteiger partial charge < -0.3 is 14.4 Å². The molecule has 1 heterocycles. The molecule has 0 bridgehead atoms. The molecule has 36 heavy (non-hydrogen) atoms. The Morgan fingerprint density at radius 2 is 1.69 bits per heavy atom. The van der Waals surface area contributed by atoms with Gasteiger partial charge in [-0.25, -0.2) is 13.8 Å². The number of ether oxygens (including phenoxy) is 2. The minimum absolute atomic E-state index is 0.143. The zero-order valence-electron chi connectivity index (χ0n) is 20.1. The van der Waals surface area contributed by atoms with Crippen LogP contribution in [0, 0.1) is 11.6 Å². The minimum Gasteiger partial charge on any atom is -0.497 e. The van der Waals surface area contributed by atoms with Crippen molar-refractivity contribution >= 4 is 17.5 Å². The van der Waals surface area contributed by atoms with E-state index in [0.717, 1.165) is 4.90 Å². The summed E-state index contributed by atoms with van der Waals surface area (Å²) in [4.78, 5) is 27.3. The summed E-state index contributed by atoms with van der Waals surface area (Å²) in [6.07, 6.45) is 0.209. The molecular formula is C27H25F2N3O4. The van der Waals surface area contributed by atoms with Crippen LogP contribution in [-0.4, -0.2) is 55.2 Å². The normalized spacial score (nSPS) is 14.9. The van der Waals surface area contributed by atoms with E-state index in [1.807, 2.05) is 0 Å². The van der Waals surface area contributed by atoms with E-state index < -0.39 is 29.5 Å². The minimum atomic E-state index is -0.679. The quantitative estimate of drug-likeness (QED) is 0.488. The molecule has 0 N–H and O–H groups in total. The number of amides is 2. The number of hydrazone groups is 1. The highest BCUT2D eigenvalue weighted by atomic mass is 19.1. The van der Waals surface area contributed by atoms with Gasteiger partial charge in [0, 0.05) is 24.6 Å². The first-order valence-electron chi connectivity index (χ1n) is 11.2. The molecule has 1 aliphatic rings. The van der Waals surface area contributed by atoms with Gasteiger partial charge in [-0.05, 0) is 36.4 Å². The van der Waals surface area contributed by atoms with Crippen LogP contribution >= 0.6 is 0 Å². The molecule has 9 heteroatoms. The largest absolute Gasteiger partial charge is 0.497 e. The van der Waals surface area contributed by atoms with E-state index in [1.165, 1.54) is 50.5 Å². The number of rotatable bonds is 7. The van der Waals surface area contributed by atoms with Crippen LogP contribution in [0.25, 0.3) is 0 Å². The van der Waals surface area contributed by atoms with E-state index in [4.69, 9.17) is 9.47 Å². The molecule has 0 saturated carbocycles. The van der Waals surface area contributed by atoms with Crippen LogP contribution in [0.15, 0.2) is 71.8 Å². The Hall–Kier alpha value is -4.27. The van der Waals surface area contributed by atoms with Crippen molar-refractivity contribution in [2.45, 2.75) is 12.5 Å². The summed E-state index contributed by atoms with van der Waals surface area (Å²) in [5.74, 6) is -1.27. The van der Waals surface area contributed by atoms with Gasteiger partial charge in [-0.1, -0.05) is 30.3 Å². The average molecular weight is 494 g/mol. The summed E-state index contributed by atoms with van der Waals surface area (Å²) < 4.78 is 39.6. The maximum Gasteiger partial charge on any atom is 0.262 e. The average Bonchev–Trinajstić information content (AvgIpc) is 3.33. The topological polar surface area (TPSA) is 71.4 Å². The second kappa shape index (κ2) is 10.6. The number of benzene rings is 3. The van der Waals surface area contributed by atoms with Gasteiger partial charge in [0.15, 0.2) is 0 Å². The second-order valence-corrected chi connectivity index (χ2v) is 8.23. The van der Waals surface area contributed by atoms with Crippen LogP contribution in [0.4, 0.5) is 8.78 Å². The number of hydrogen-bond donors (Lipinski definition) is 0. The van der Waals surface area contributed by atoms with Crippen molar-refractivity contribution in [3.63, 3.8) is 0 Å². The van der Waals surface area contributed by atoms with Gasteiger partial charge in [0.1, 0.15) is 29.7 Å². The van der Waals surface area contributed by atoms with Crippen LogP contribution in [0.1, 0.15) is 33.9 Å². The van der Waals surface area contributed by atoms with E-state index in [2.05, 4.69) is 5.10 Å². The molecule has 0 radical (unpaired) electrons. The van der Waals surface area contributed by atoms with E-state index in [9.17, 15) is 18.4 Å². The smallest absolute Gasteiger partial charge is 0.262 e. The van der Waals surface area contributed by atoms with E-state index in [-0.39, 0.29) is 24.1 Å². The maximum absolute atomic E-state index is 14.6. The van der Waals surface area contributed by atoms with Crippen molar-refractivity contribution in [2.24, 2.45) is 5.10 Å². The van der Waals surface area contributed by atoms with Gasteiger partial charge >= 0.3 is 0 Å². The van der Waals surface area contributed by atoms with Gasteiger partial charge in [-0.15, -0.1) is 0 Å². The Morgan fingerprint density at radius 3 is 2.36 bits per heavy atom. The summed E-state index contributed by atoms with van der Waals surface area (Å²) >= 11 is 0. The third-order valence-electron chi connectivity index (χ3n) is 5.97. The second-order valence-electron chi connectivity index (χ2n) is 8.23. The van der Waals surface area contributed by atoms with Crippen molar-refractivity contribution in [1.29, 1.82) is 0 Å². The molecule has 0 aromatic heterocycles. The van der Waals surface area contributed by atoms with Gasteiger partial charge in [-0.3, -0.25) is 9.59 Å². The Morgan fingerprint density at radius 1 is 1.00 bits per heavy atom. The molecule has 0 fully saturated rings. The summed E-state index contributed by atoms with van der Waals surface area (Å²) in [5.41, 5.74) is 1.12. The SMILES string of the molecule is COc1ccc(OC)c([C@@H]2CC(c3ccccc3F)=NN2C(=O)CN(C)C(=O)c2ccccc2F)c1. The van der Waals surface area contributed by atoms with E-state index in [0.29, 0.717) is 22.8 Å². The lowest BCUT2D eigenvalue weighted by Gasteiger charge is -2.26. The standard InChI is InChI=1S/C27H25F2N3O4/c1-31(27(34)19-9-5-7-11-22(19)29)16-26(33)32-24(20-14-17(35-2)12-13-25(20)36-3)15-23(30-32)18-8-4-6-10-21(18)28/h4-14,24H,15-16H2,1-3H3/t24-/m0/s1. The summed E-state index contributed by atoms with van der Waals surface area (Å²) in [7, 11) is 4.44. The fourth-order valence-corrected chi connectivity index (χ4v) is 4.13. The Bertz CT molecular complexity index is 1330. The molecule has 4 rings (SSSR count). The van der Waals surface area contributed by atoms with Gasteiger partial charge in [0.05, 0.1) is 31.5 Å². The van der Waals surface area contributed by atoms with Crippen LogP contribution in [0.2, 0.25) is 0 Å². The fourth-order valence-electron chi connectivity index (χ4n) is 4.13. The summed E-state index contributed by atoms with van der Waals surface area (Å²) in [6, 6.07) is 16.3. The number of carbonyl (C=O) groups excluding carboxylic acids is 2. The highest BCUT2D eigenvalue weighted by Crippen LogP contribution is 2.39. The van der Waals surface area contributed by atoms with Crippen LogP contribution < -0.4 is 9.47 Å². The molecule has 1 aliphatic heterocycles. The van der Waals surface area contributed by atoms with E-state index in [1.54, 1.807) is 42.5 Å². The predicted octanol–water partition coefficient (Wildman–Crippen LogP) is 4.43. The third-order valence-corrected chi connectivity index (χ3v) is 5.97. The lowest BCUT2D eigenvalue weighted by molar-refractivity contribution is -0.133.